The summed E-state index contributed by atoms with van der Waals surface area (Å²) in [5.41, 5.74) is 0. The Balaban J connectivity index is 1.38. The molecule has 2 aliphatic rings. The lowest BCUT2D eigenvalue weighted by atomic mass is 10.1. The molecule has 8 heteroatoms. The van der Waals surface area contributed by atoms with Crippen molar-refractivity contribution in [2.45, 2.75) is 31.8 Å². The fraction of sp³-hybridized carbons (Fsp3) is 0.526. The zero-order valence-corrected chi connectivity index (χ0v) is 16.2. The third-order valence-electron chi connectivity index (χ3n) is 5.29. The van der Waals surface area contributed by atoms with Crippen molar-refractivity contribution in [3.05, 3.63) is 35.1 Å². The molecular formula is C19H24ClN5O2. The summed E-state index contributed by atoms with van der Waals surface area (Å²) in [6, 6.07) is 7.56. The third-order valence-corrected chi connectivity index (χ3v) is 5.60. The Morgan fingerprint density at radius 1 is 1.11 bits per heavy atom. The zero-order chi connectivity index (χ0) is 18.8. The molecule has 7 nitrogen and oxygen atoms in total. The first-order chi connectivity index (χ1) is 13.1. The van der Waals surface area contributed by atoms with Crippen LogP contribution < -0.4 is 9.64 Å². The van der Waals surface area contributed by atoms with Crippen molar-refractivity contribution < 1.29 is 9.53 Å². The van der Waals surface area contributed by atoms with Gasteiger partial charge in [-0.1, -0.05) is 23.7 Å². The highest BCUT2D eigenvalue weighted by Gasteiger charge is 2.28. The first-order valence-electron chi connectivity index (χ1n) is 9.48. The molecule has 144 valence electrons. The van der Waals surface area contributed by atoms with Crippen molar-refractivity contribution in [3.63, 3.8) is 0 Å². The Hall–Kier alpha value is -2.28. The number of carbonyl (C=O) groups excluding carboxylic acids is 1. The zero-order valence-electron chi connectivity index (χ0n) is 15.5. The van der Waals surface area contributed by atoms with Gasteiger partial charge in [0.2, 0.25) is 11.8 Å². The average molecular weight is 390 g/mol. The summed E-state index contributed by atoms with van der Waals surface area (Å²) in [5.74, 6) is 1.87. The molecule has 0 saturated carbocycles. The molecular weight excluding hydrogens is 366 g/mol. The fourth-order valence-electron chi connectivity index (χ4n) is 3.74. The quantitative estimate of drug-likeness (QED) is 0.804. The number of amides is 1. The number of aromatic nitrogens is 3. The Bertz CT molecular complexity index is 810. The number of anilines is 1. The highest BCUT2D eigenvalue weighted by Crippen LogP contribution is 2.27. The molecule has 1 amide bonds. The average Bonchev–Trinajstić information content (AvgIpc) is 3.34. The van der Waals surface area contributed by atoms with Crippen molar-refractivity contribution in [2.75, 3.05) is 31.1 Å². The Labute approximate surface area is 163 Å². The summed E-state index contributed by atoms with van der Waals surface area (Å²) in [5, 5.41) is 9.09. The topological polar surface area (TPSA) is 63.5 Å². The van der Waals surface area contributed by atoms with E-state index >= 15 is 0 Å². The Morgan fingerprint density at radius 2 is 1.81 bits per heavy atom. The minimum Gasteiger partial charge on any atom is -0.489 e. The summed E-state index contributed by atoms with van der Waals surface area (Å²) >= 11 is 6.18. The summed E-state index contributed by atoms with van der Waals surface area (Å²) in [6.45, 7) is 3.23. The Kier molecular flexibility index (Phi) is 5.20. The third kappa shape index (κ3) is 3.74. The van der Waals surface area contributed by atoms with Gasteiger partial charge in [-0.15, -0.1) is 10.2 Å². The van der Waals surface area contributed by atoms with Gasteiger partial charge in [0.1, 0.15) is 11.9 Å². The summed E-state index contributed by atoms with van der Waals surface area (Å²) in [6.07, 6.45) is 3.99. The SMILES string of the molecule is Cn1c(C(=O)N2CCCC2)nnc1N1CCC(Oc2ccccc2Cl)CC1. The van der Waals surface area contributed by atoms with Gasteiger partial charge < -0.3 is 14.5 Å². The number of hydrogen-bond donors (Lipinski definition) is 0. The fourth-order valence-corrected chi connectivity index (χ4v) is 3.92. The van der Waals surface area contributed by atoms with Crippen LogP contribution in [0.5, 0.6) is 5.75 Å². The molecule has 0 atom stereocenters. The van der Waals surface area contributed by atoms with Crippen LogP contribution in [0.2, 0.25) is 5.02 Å². The van der Waals surface area contributed by atoms with E-state index in [1.165, 1.54) is 0 Å². The normalized spacial score (nSPS) is 18.1. The monoisotopic (exact) mass is 389 g/mol. The molecule has 2 aromatic rings. The Morgan fingerprint density at radius 3 is 2.52 bits per heavy atom. The van der Waals surface area contributed by atoms with Crippen LogP contribution in [0.3, 0.4) is 0 Å². The van der Waals surface area contributed by atoms with E-state index in [9.17, 15) is 4.79 Å². The van der Waals surface area contributed by atoms with Gasteiger partial charge in [-0.2, -0.15) is 0 Å². The maximum absolute atomic E-state index is 12.6. The lowest BCUT2D eigenvalue weighted by Crippen LogP contribution is -2.39. The number of likely N-dealkylation sites (tertiary alicyclic amines) is 1. The minimum atomic E-state index is -0.0225. The van der Waals surface area contributed by atoms with Gasteiger partial charge in [-0.3, -0.25) is 9.36 Å². The predicted molar refractivity (Wildman–Crippen MR) is 103 cm³/mol. The number of piperidine rings is 1. The van der Waals surface area contributed by atoms with Crippen molar-refractivity contribution >= 4 is 23.5 Å². The molecule has 4 rings (SSSR count). The first-order valence-corrected chi connectivity index (χ1v) is 9.86. The van der Waals surface area contributed by atoms with Crippen molar-refractivity contribution in [1.82, 2.24) is 19.7 Å². The van der Waals surface area contributed by atoms with Gasteiger partial charge in [0, 0.05) is 46.1 Å². The highest BCUT2D eigenvalue weighted by molar-refractivity contribution is 6.32. The van der Waals surface area contributed by atoms with Crippen LogP contribution in [0.1, 0.15) is 36.3 Å². The van der Waals surface area contributed by atoms with Crippen molar-refractivity contribution in [3.8, 4) is 5.75 Å². The second kappa shape index (κ2) is 7.76. The maximum Gasteiger partial charge on any atom is 0.291 e. The number of halogens is 1. The second-order valence-electron chi connectivity index (χ2n) is 7.12. The van der Waals surface area contributed by atoms with E-state index in [0.717, 1.165) is 63.6 Å². The van der Waals surface area contributed by atoms with Crippen molar-refractivity contribution in [2.24, 2.45) is 7.05 Å². The maximum atomic E-state index is 12.6. The van der Waals surface area contributed by atoms with E-state index < -0.39 is 0 Å². The smallest absolute Gasteiger partial charge is 0.291 e. The molecule has 0 spiro atoms. The molecule has 2 saturated heterocycles. The standard InChI is InChI=1S/C19H24ClN5O2/c1-23-17(18(26)24-10-4-5-11-24)21-22-19(23)25-12-8-14(9-13-25)27-16-7-3-2-6-15(16)20/h2-3,6-7,14H,4-5,8-13H2,1H3. The van der Waals surface area contributed by atoms with E-state index in [1.807, 2.05) is 40.8 Å². The van der Waals surface area contributed by atoms with Gasteiger partial charge in [-0.05, 0) is 25.0 Å². The van der Waals surface area contributed by atoms with E-state index in [2.05, 4.69) is 15.1 Å². The predicted octanol–water partition coefficient (Wildman–Crippen LogP) is 2.75. The molecule has 3 heterocycles. The molecule has 0 aliphatic carbocycles. The van der Waals surface area contributed by atoms with Crippen LogP contribution >= 0.6 is 11.6 Å². The molecule has 2 aliphatic heterocycles. The second-order valence-corrected chi connectivity index (χ2v) is 7.52. The van der Waals surface area contributed by atoms with E-state index in [0.29, 0.717) is 10.8 Å². The molecule has 2 fully saturated rings. The number of rotatable bonds is 4. The van der Waals surface area contributed by atoms with Gasteiger partial charge >= 0.3 is 0 Å². The summed E-state index contributed by atoms with van der Waals surface area (Å²) in [7, 11) is 1.87. The largest absolute Gasteiger partial charge is 0.489 e. The molecule has 27 heavy (non-hydrogen) atoms. The molecule has 1 aromatic heterocycles. The highest BCUT2D eigenvalue weighted by atomic mass is 35.5. The van der Waals surface area contributed by atoms with Gasteiger partial charge in [0.05, 0.1) is 5.02 Å². The van der Waals surface area contributed by atoms with Crippen LogP contribution in [-0.2, 0) is 7.05 Å². The van der Waals surface area contributed by atoms with Crippen molar-refractivity contribution in [1.29, 1.82) is 0 Å². The minimum absolute atomic E-state index is 0.0225. The first kappa shape index (κ1) is 18.1. The molecule has 0 unspecified atom stereocenters. The van der Waals surface area contributed by atoms with Gasteiger partial charge in [0.15, 0.2) is 0 Å². The lowest BCUT2D eigenvalue weighted by Gasteiger charge is -2.32. The molecule has 0 N–H and O–H groups in total. The number of para-hydroxylation sites is 1. The molecule has 0 bridgehead atoms. The number of benzene rings is 1. The van der Waals surface area contributed by atoms with Crippen LogP contribution in [0.15, 0.2) is 24.3 Å². The van der Waals surface area contributed by atoms with Crippen LogP contribution in [0, 0.1) is 0 Å². The van der Waals surface area contributed by atoms with Crippen LogP contribution in [0.25, 0.3) is 0 Å². The van der Waals surface area contributed by atoms with Crippen LogP contribution in [0.4, 0.5) is 5.95 Å². The number of ether oxygens (including phenoxy) is 1. The van der Waals surface area contributed by atoms with E-state index in [-0.39, 0.29) is 12.0 Å². The van der Waals surface area contributed by atoms with Gasteiger partial charge in [0.25, 0.3) is 5.91 Å². The number of hydrogen-bond acceptors (Lipinski definition) is 5. The van der Waals surface area contributed by atoms with Gasteiger partial charge in [-0.25, -0.2) is 0 Å². The summed E-state index contributed by atoms with van der Waals surface area (Å²) < 4.78 is 7.86. The summed E-state index contributed by atoms with van der Waals surface area (Å²) in [4.78, 5) is 16.6. The number of carbonyl (C=O) groups is 1. The van der Waals surface area contributed by atoms with Crippen LogP contribution in [-0.4, -0.2) is 57.9 Å². The lowest BCUT2D eigenvalue weighted by molar-refractivity contribution is 0.0776. The van der Waals surface area contributed by atoms with E-state index in [4.69, 9.17) is 16.3 Å². The molecule has 0 radical (unpaired) electrons. The molecule has 1 aromatic carbocycles. The van der Waals surface area contributed by atoms with E-state index in [1.54, 1.807) is 0 Å². The number of nitrogens with zero attached hydrogens (tertiary/aromatic N) is 5.